The van der Waals surface area contributed by atoms with Gasteiger partial charge in [0, 0.05) is 27.3 Å². The highest BCUT2D eigenvalue weighted by molar-refractivity contribution is 6.24. The molecule has 0 saturated heterocycles. The summed E-state index contributed by atoms with van der Waals surface area (Å²) in [5.74, 6) is 1.73. The second kappa shape index (κ2) is 12.8. The summed E-state index contributed by atoms with van der Waals surface area (Å²) < 4.78 is 9.44. The quantitative estimate of drug-likeness (QED) is 0.176. The molecule has 58 heavy (non-hydrogen) atoms. The Morgan fingerprint density at radius 1 is 0.362 bits per heavy atom. The monoisotopic (exact) mass is 740 g/mol. The van der Waals surface area contributed by atoms with E-state index in [4.69, 9.17) is 19.4 Å². The lowest BCUT2D eigenvalue weighted by atomic mass is 10.0. The van der Waals surface area contributed by atoms with Gasteiger partial charge in [0.05, 0.1) is 27.7 Å². The average molecular weight is 741 g/mol. The van der Waals surface area contributed by atoms with Crippen LogP contribution in [0.5, 0.6) is 0 Å². The van der Waals surface area contributed by atoms with Gasteiger partial charge in [-0.3, -0.25) is 0 Å². The highest BCUT2D eigenvalue weighted by atomic mass is 16.3. The lowest BCUT2D eigenvalue weighted by molar-refractivity contribution is 0.669. The van der Waals surface area contributed by atoms with Crippen LogP contribution in [0.3, 0.4) is 0 Å². The summed E-state index contributed by atoms with van der Waals surface area (Å²) in [6.45, 7) is 0. The van der Waals surface area contributed by atoms with E-state index < -0.39 is 0 Å². The number of aromatic nitrogens is 4. The Bertz CT molecular complexity index is 3570. The van der Waals surface area contributed by atoms with Crippen molar-refractivity contribution in [3.8, 4) is 51.0 Å². The molecule has 3 heterocycles. The molecule has 12 rings (SSSR count). The van der Waals surface area contributed by atoms with Gasteiger partial charge in [0.15, 0.2) is 17.5 Å². The summed E-state index contributed by atoms with van der Waals surface area (Å²) in [5, 5.41) is 9.15. The molecule has 0 fully saturated rings. The first-order chi connectivity index (χ1) is 28.7. The SMILES string of the molecule is c1ccc(-c2cccc(-c3nc(-c4ccccc4)nc(-c4ccc(-n5c6ccccc6c6cc7ccccc7cc65)c5c4oc4ccc6ccccc6c45)n3)c2)cc1. The van der Waals surface area contributed by atoms with Crippen LogP contribution in [0, 0.1) is 0 Å². The predicted octanol–water partition coefficient (Wildman–Crippen LogP) is 13.8. The van der Waals surface area contributed by atoms with E-state index in [0.717, 1.165) is 77.2 Å². The Labute approximate surface area is 333 Å². The van der Waals surface area contributed by atoms with E-state index in [2.05, 4.69) is 162 Å². The maximum atomic E-state index is 7.03. The first-order valence-corrected chi connectivity index (χ1v) is 19.5. The zero-order valence-electron chi connectivity index (χ0n) is 31.2. The zero-order chi connectivity index (χ0) is 38.2. The molecule has 0 aliphatic heterocycles. The summed E-state index contributed by atoms with van der Waals surface area (Å²) in [6, 6.07) is 68.0. The number of benzene rings is 9. The zero-order valence-corrected chi connectivity index (χ0v) is 31.2. The van der Waals surface area contributed by atoms with E-state index in [1.165, 1.54) is 21.5 Å². The largest absolute Gasteiger partial charge is 0.455 e. The van der Waals surface area contributed by atoms with Crippen molar-refractivity contribution in [3.05, 3.63) is 194 Å². The first kappa shape index (κ1) is 32.4. The van der Waals surface area contributed by atoms with Crippen molar-refractivity contribution < 1.29 is 4.42 Å². The van der Waals surface area contributed by atoms with Gasteiger partial charge in [-0.15, -0.1) is 0 Å². The fourth-order valence-corrected chi connectivity index (χ4v) is 8.71. The van der Waals surface area contributed by atoms with Crippen LogP contribution in [0.15, 0.2) is 199 Å². The van der Waals surface area contributed by atoms with Crippen molar-refractivity contribution in [2.24, 2.45) is 0 Å². The molecule has 0 aliphatic carbocycles. The molecule has 5 heteroatoms. The van der Waals surface area contributed by atoms with Gasteiger partial charge >= 0.3 is 0 Å². The van der Waals surface area contributed by atoms with Crippen LogP contribution in [0.1, 0.15) is 0 Å². The molecule has 3 aromatic heterocycles. The second-order valence-corrected chi connectivity index (χ2v) is 14.8. The Hall–Kier alpha value is -7.89. The number of rotatable bonds is 5. The number of fused-ring (bicyclic) bond motifs is 9. The van der Waals surface area contributed by atoms with Crippen molar-refractivity contribution in [1.82, 2.24) is 19.5 Å². The van der Waals surface area contributed by atoms with Crippen LogP contribution in [-0.2, 0) is 0 Å². The molecule has 0 N–H and O–H groups in total. The molecular weight excluding hydrogens is 709 g/mol. The molecule has 5 nitrogen and oxygen atoms in total. The predicted molar refractivity (Wildman–Crippen MR) is 238 cm³/mol. The molecule has 0 spiro atoms. The average Bonchev–Trinajstić information content (AvgIpc) is 3.85. The smallest absolute Gasteiger partial charge is 0.167 e. The third-order valence-corrected chi connectivity index (χ3v) is 11.4. The first-order valence-electron chi connectivity index (χ1n) is 19.5. The van der Waals surface area contributed by atoms with E-state index in [-0.39, 0.29) is 0 Å². The van der Waals surface area contributed by atoms with Crippen molar-refractivity contribution in [3.63, 3.8) is 0 Å². The van der Waals surface area contributed by atoms with Crippen molar-refractivity contribution in [2.75, 3.05) is 0 Å². The molecule has 0 amide bonds. The van der Waals surface area contributed by atoms with Gasteiger partial charge in [-0.2, -0.15) is 0 Å². The highest BCUT2D eigenvalue weighted by Crippen LogP contribution is 2.45. The molecular formula is C53H32N4O. The Morgan fingerprint density at radius 3 is 1.79 bits per heavy atom. The molecule has 0 atom stereocenters. The van der Waals surface area contributed by atoms with Gasteiger partial charge in [0.25, 0.3) is 0 Å². The van der Waals surface area contributed by atoms with Crippen LogP contribution in [-0.4, -0.2) is 19.5 Å². The van der Waals surface area contributed by atoms with Gasteiger partial charge in [0.1, 0.15) is 11.2 Å². The summed E-state index contributed by atoms with van der Waals surface area (Å²) in [4.78, 5) is 15.5. The molecule has 0 bridgehead atoms. The van der Waals surface area contributed by atoms with E-state index in [1.807, 2.05) is 36.4 Å². The van der Waals surface area contributed by atoms with Crippen LogP contribution in [0.25, 0.3) is 116 Å². The lowest BCUT2D eigenvalue weighted by Crippen LogP contribution is -2.01. The minimum atomic E-state index is 0.544. The second-order valence-electron chi connectivity index (χ2n) is 14.8. The summed E-state index contributed by atoms with van der Waals surface area (Å²) in [5.41, 5.74) is 9.66. The van der Waals surface area contributed by atoms with Gasteiger partial charge < -0.3 is 8.98 Å². The molecule has 270 valence electrons. The standard InChI is InChI=1S/C53H32N4O/c1-3-14-33(15-4-1)36-21-13-22-39(30-36)52-54-51(35-17-5-2-6-18-35)55-53(56-52)42-27-28-45(49-48-40-23-10-9-16-34(40)26-29-47(48)58-50(42)49)57-44-25-12-11-24-41(44)43-31-37-19-7-8-20-38(37)32-46(43)57/h1-32H. The third-order valence-electron chi connectivity index (χ3n) is 11.4. The highest BCUT2D eigenvalue weighted by Gasteiger charge is 2.24. The molecule has 0 unspecified atom stereocenters. The number of hydrogen-bond donors (Lipinski definition) is 0. The van der Waals surface area contributed by atoms with E-state index in [1.54, 1.807) is 0 Å². The maximum absolute atomic E-state index is 7.03. The molecule has 12 aromatic rings. The molecule has 0 aliphatic rings. The Kier molecular flexibility index (Phi) is 7.16. The van der Waals surface area contributed by atoms with Crippen molar-refractivity contribution in [1.29, 1.82) is 0 Å². The van der Waals surface area contributed by atoms with Crippen molar-refractivity contribution in [2.45, 2.75) is 0 Å². The lowest BCUT2D eigenvalue weighted by Gasteiger charge is -2.13. The fourth-order valence-electron chi connectivity index (χ4n) is 8.71. The number of hydrogen-bond acceptors (Lipinski definition) is 4. The fraction of sp³-hybridized carbons (Fsp3) is 0. The van der Waals surface area contributed by atoms with Gasteiger partial charge in [0.2, 0.25) is 0 Å². The van der Waals surface area contributed by atoms with E-state index in [0.29, 0.717) is 17.5 Å². The van der Waals surface area contributed by atoms with Gasteiger partial charge in [-0.25, -0.2) is 15.0 Å². The van der Waals surface area contributed by atoms with Crippen LogP contribution >= 0.6 is 0 Å². The van der Waals surface area contributed by atoms with Crippen LogP contribution in [0.2, 0.25) is 0 Å². The summed E-state index contributed by atoms with van der Waals surface area (Å²) in [6.07, 6.45) is 0. The topological polar surface area (TPSA) is 56.7 Å². The maximum Gasteiger partial charge on any atom is 0.167 e. The number of nitrogens with zero attached hydrogens (tertiary/aromatic N) is 4. The number of furan rings is 1. The Balaban J connectivity index is 1.17. The van der Waals surface area contributed by atoms with E-state index in [9.17, 15) is 0 Å². The minimum Gasteiger partial charge on any atom is -0.455 e. The van der Waals surface area contributed by atoms with Crippen LogP contribution < -0.4 is 0 Å². The summed E-state index contributed by atoms with van der Waals surface area (Å²) in [7, 11) is 0. The molecule has 0 radical (unpaired) electrons. The third kappa shape index (κ3) is 5.07. The van der Waals surface area contributed by atoms with Gasteiger partial charge in [-0.05, 0) is 75.1 Å². The summed E-state index contributed by atoms with van der Waals surface area (Å²) >= 11 is 0. The van der Waals surface area contributed by atoms with E-state index >= 15 is 0 Å². The normalized spacial score (nSPS) is 11.8. The van der Waals surface area contributed by atoms with Crippen molar-refractivity contribution >= 4 is 65.3 Å². The number of para-hydroxylation sites is 1. The van der Waals surface area contributed by atoms with Crippen LogP contribution in [0.4, 0.5) is 0 Å². The molecule has 0 saturated carbocycles. The minimum absolute atomic E-state index is 0.544. The van der Waals surface area contributed by atoms with Gasteiger partial charge in [-0.1, -0.05) is 152 Å². The Morgan fingerprint density at radius 2 is 0.983 bits per heavy atom. The molecule has 9 aromatic carbocycles.